The van der Waals surface area contributed by atoms with Crippen LogP contribution >= 0.6 is 0 Å². The zero-order chi connectivity index (χ0) is 46.3. The molecule has 0 bridgehead atoms. The van der Waals surface area contributed by atoms with Crippen LogP contribution in [0.5, 0.6) is 0 Å². The van der Waals surface area contributed by atoms with Crippen LogP contribution in [-0.4, -0.2) is 21.0 Å². The lowest BCUT2D eigenvalue weighted by molar-refractivity contribution is 0.0697. The molecule has 4 nitrogen and oxygen atoms in total. The normalized spacial score (nSPS) is 10.6. The maximum atomic E-state index is 10.5. The van der Waals surface area contributed by atoms with Crippen LogP contribution in [0.15, 0.2) is 200 Å². The van der Waals surface area contributed by atoms with Crippen molar-refractivity contribution in [2.75, 3.05) is 0 Å². The van der Waals surface area contributed by atoms with Gasteiger partial charge in [0.05, 0.1) is 5.56 Å². The van der Waals surface area contributed by atoms with Gasteiger partial charge in [-0.15, -0.1) is 0 Å². The van der Waals surface area contributed by atoms with Gasteiger partial charge < -0.3 is 15.1 Å². The lowest BCUT2D eigenvalue weighted by Gasteiger charge is -2.15. The topological polar surface area (TPSA) is 68.9 Å². The predicted octanol–water partition coefficient (Wildman–Crippen LogP) is 17.9. The third-order valence-corrected chi connectivity index (χ3v) is 11.2. The first-order valence-electron chi connectivity index (χ1n) is 23.0. The lowest BCUT2D eigenvalue weighted by atomic mass is 9.89. The number of H-pyrrole nitrogens is 2. The Morgan fingerprint density at radius 2 is 0.831 bits per heavy atom. The molecular formula is C61H62N2O2. The zero-order valence-corrected chi connectivity index (χ0v) is 39.1. The molecule has 0 saturated heterocycles. The van der Waals surface area contributed by atoms with E-state index in [0.29, 0.717) is 17.4 Å². The highest BCUT2D eigenvalue weighted by molar-refractivity contribution is 6.23. The number of para-hydroxylation sites is 2. The Bertz CT molecular complexity index is 2970. The number of carboxylic acids is 1. The van der Waals surface area contributed by atoms with Gasteiger partial charge >= 0.3 is 5.97 Å². The minimum absolute atomic E-state index is 0.347. The van der Waals surface area contributed by atoms with Crippen LogP contribution in [0.3, 0.4) is 0 Å². The molecule has 65 heavy (non-hydrogen) atoms. The summed E-state index contributed by atoms with van der Waals surface area (Å²) in [6.45, 7) is 16.7. The molecule has 9 aromatic carbocycles. The van der Waals surface area contributed by atoms with E-state index in [9.17, 15) is 4.79 Å². The molecule has 11 rings (SSSR count). The van der Waals surface area contributed by atoms with Crippen molar-refractivity contribution in [3.8, 4) is 22.5 Å². The quantitative estimate of drug-likeness (QED) is 0.151. The van der Waals surface area contributed by atoms with Gasteiger partial charge in [0.2, 0.25) is 0 Å². The molecule has 11 aromatic rings. The van der Waals surface area contributed by atoms with Crippen LogP contribution in [0, 0.1) is 0 Å². The van der Waals surface area contributed by atoms with Gasteiger partial charge in [0.15, 0.2) is 0 Å². The number of aromatic nitrogens is 2. The average Bonchev–Trinajstić information content (AvgIpc) is 4.01. The first-order chi connectivity index (χ1) is 31.7. The van der Waals surface area contributed by atoms with Gasteiger partial charge in [0.25, 0.3) is 0 Å². The lowest BCUT2D eigenvalue weighted by Crippen LogP contribution is -1.96. The molecule has 0 aliphatic carbocycles. The number of benzene rings is 9. The number of carboxylic acid groups (broad SMARTS) is 1. The number of hydrogen-bond donors (Lipinski definition) is 3. The number of fused-ring (bicyclic) bond motifs is 2. The van der Waals surface area contributed by atoms with Crippen molar-refractivity contribution in [3.05, 3.63) is 217 Å². The van der Waals surface area contributed by atoms with Crippen LogP contribution in [0.1, 0.15) is 88.7 Å². The first-order valence-corrected chi connectivity index (χ1v) is 23.0. The molecule has 0 aliphatic rings. The molecule has 4 heteroatoms. The summed E-state index contributed by atoms with van der Waals surface area (Å²) in [7, 11) is 0. The molecule has 0 aliphatic heterocycles. The molecule has 0 atom stereocenters. The Labute approximate surface area is 385 Å². The first kappa shape index (κ1) is 47.1. The van der Waals surface area contributed by atoms with Crippen molar-refractivity contribution in [2.45, 2.75) is 67.2 Å². The standard InChI is InChI=1S/C19H16.2C14H11N.C10H12O2.2C2H6/c1-12(2)16-10-8-15-7-6-13-4-3-5-14-9-11-17(16)19(15)18(13)14;2*1-2-6-11(7-3-1)14-10-12-8-4-5-9-13(12)15-14;1-7(2)8-3-5-9(6-4-8)10(11)12;2*1-2/h3-12H,1-2H3;2*1-10,15H;3-7H,1-2H3,(H,11,12);2*1-2H3. The van der Waals surface area contributed by atoms with Crippen molar-refractivity contribution in [1.82, 2.24) is 9.97 Å². The molecular weight excluding hydrogens is 793 g/mol. The second-order valence-electron chi connectivity index (χ2n) is 16.0. The van der Waals surface area contributed by atoms with Gasteiger partial charge in [-0.3, -0.25) is 0 Å². The summed E-state index contributed by atoms with van der Waals surface area (Å²) in [5, 5.41) is 19.4. The third-order valence-electron chi connectivity index (χ3n) is 11.2. The summed E-state index contributed by atoms with van der Waals surface area (Å²) >= 11 is 0. The summed E-state index contributed by atoms with van der Waals surface area (Å²) in [6, 6.07) is 68.9. The van der Waals surface area contributed by atoms with Crippen molar-refractivity contribution < 1.29 is 9.90 Å². The fourth-order valence-corrected chi connectivity index (χ4v) is 7.97. The Morgan fingerprint density at radius 3 is 1.28 bits per heavy atom. The Kier molecular flexibility index (Phi) is 16.5. The molecule has 0 saturated carbocycles. The fraction of sp³-hybridized carbons (Fsp3) is 0.164. The summed E-state index contributed by atoms with van der Waals surface area (Å²) in [5.41, 5.74) is 10.2. The molecule has 0 spiro atoms. The van der Waals surface area contributed by atoms with E-state index in [1.807, 2.05) is 64.1 Å². The molecule has 0 amide bonds. The van der Waals surface area contributed by atoms with Crippen LogP contribution in [0.4, 0.5) is 0 Å². The molecule has 328 valence electrons. The number of aromatic amines is 2. The predicted molar refractivity (Wildman–Crippen MR) is 282 cm³/mol. The van der Waals surface area contributed by atoms with Gasteiger partial charge in [-0.25, -0.2) is 4.79 Å². The monoisotopic (exact) mass is 854 g/mol. The maximum absolute atomic E-state index is 10.5. The van der Waals surface area contributed by atoms with Crippen LogP contribution < -0.4 is 0 Å². The van der Waals surface area contributed by atoms with E-state index in [1.165, 1.54) is 87.8 Å². The van der Waals surface area contributed by atoms with Crippen molar-refractivity contribution in [3.63, 3.8) is 0 Å². The van der Waals surface area contributed by atoms with E-state index in [2.05, 4.69) is 189 Å². The number of hydrogen-bond acceptors (Lipinski definition) is 1. The molecule has 0 radical (unpaired) electrons. The van der Waals surface area contributed by atoms with E-state index in [4.69, 9.17) is 5.11 Å². The molecule has 2 aromatic heterocycles. The summed E-state index contributed by atoms with van der Waals surface area (Å²) in [5.74, 6) is 0.141. The summed E-state index contributed by atoms with van der Waals surface area (Å²) < 4.78 is 0. The van der Waals surface area contributed by atoms with E-state index in [1.54, 1.807) is 12.1 Å². The van der Waals surface area contributed by atoms with Crippen molar-refractivity contribution in [2.24, 2.45) is 0 Å². The summed E-state index contributed by atoms with van der Waals surface area (Å²) in [4.78, 5) is 17.3. The summed E-state index contributed by atoms with van der Waals surface area (Å²) in [6.07, 6.45) is 0. The third kappa shape index (κ3) is 11.4. The second-order valence-corrected chi connectivity index (χ2v) is 16.0. The van der Waals surface area contributed by atoms with E-state index >= 15 is 0 Å². The highest BCUT2D eigenvalue weighted by atomic mass is 16.4. The van der Waals surface area contributed by atoms with E-state index in [0.717, 1.165) is 0 Å². The van der Waals surface area contributed by atoms with Crippen LogP contribution in [-0.2, 0) is 0 Å². The van der Waals surface area contributed by atoms with E-state index in [-0.39, 0.29) is 0 Å². The highest BCUT2D eigenvalue weighted by Crippen LogP contribution is 2.37. The molecule has 0 unspecified atom stereocenters. The number of rotatable bonds is 5. The SMILES string of the molecule is CC.CC.CC(C)c1ccc(C(=O)O)cc1.CC(C)c1ccc2ccc3cccc4ccc1c2c34.c1ccc(-c2cc3ccccc3[nH]2)cc1.c1ccc(-c2cc3ccccc3[nH]2)cc1. The second kappa shape index (κ2) is 22.8. The van der Waals surface area contributed by atoms with Crippen molar-refractivity contribution >= 4 is 60.1 Å². The van der Waals surface area contributed by atoms with E-state index < -0.39 is 5.97 Å². The minimum Gasteiger partial charge on any atom is -0.478 e. The number of aromatic carboxylic acids is 1. The highest BCUT2D eigenvalue weighted by Gasteiger charge is 2.12. The van der Waals surface area contributed by atoms with Crippen LogP contribution in [0.2, 0.25) is 0 Å². The van der Waals surface area contributed by atoms with Gasteiger partial charge in [0.1, 0.15) is 0 Å². The molecule has 2 heterocycles. The van der Waals surface area contributed by atoms with Gasteiger partial charge in [0, 0.05) is 33.2 Å². The molecule has 3 N–H and O–H groups in total. The maximum Gasteiger partial charge on any atom is 0.335 e. The van der Waals surface area contributed by atoms with Gasteiger partial charge in [-0.05, 0) is 103 Å². The number of carbonyl (C=O) groups is 1. The smallest absolute Gasteiger partial charge is 0.335 e. The Hall–Kier alpha value is -7.43. The largest absolute Gasteiger partial charge is 0.478 e. The zero-order valence-electron chi connectivity index (χ0n) is 39.1. The average molecular weight is 855 g/mol. The molecule has 0 fully saturated rings. The Balaban J connectivity index is 0.000000142. The van der Waals surface area contributed by atoms with Gasteiger partial charge in [-0.2, -0.15) is 0 Å². The minimum atomic E-state index is -0.870. The van der Waals surface area contributed by atoms with Crippen molar-refractivity contribution in [1.29, 1.82) is 0 Å². The Morgan fingerprint density at radius 1 is 0.415 bits per heavy atom. The fourth-order valence-electron chi connectivity index (χ4n) is 7.97. The number of nitrogens with one attached hydrogen (secondary N) is 2. The van der Waals surface area contributed by atoms with Crippen LogP contribution in [0.25, 0.3) is 76.6 Å². The van der Waals surface area contributed by atoms with Gasteiger partial charge in [-0.1, -0.05) is 219 Å².